The van der Waals surface area contributed by atoms with Crippen LogP contribution in [0.1, 0.15) is 213 Å². The fraction of sp³-hybridized carbons (Fsp3) is 0.707. The molecule has 2 atom stereocenters. The van der Waals surface area contributed by atoms with Gasteiger partial charge in [0.2, 0.25) is 0 Å². The number of allylic oxidation sites excluding steroid dienone is 14. The molecule has 0 bridgehead atoms. The fourth-order valence-corrected chi connectivity index (χ4v) is 7.49. The molecule has 0 aliphatic rings. The highest BCUT2D eigenvalue weighted by molar-refractivity contribution is 5.70. The lowest BCUT2D eigenvalue weighted by atomic mass is 10.1. The van der Waals surface area contributed by atoms with E-state index >= 15 is 0 Å². The molecule has 0 radical (unpaired) electrons. The first-order valence-electron chi connectivity index (χ1n) is 26.6. The molecule has 66 heavy (non-hydrogen) atoms. The van der Waals surface area contributed by atoms with E-state index in [4.69, 9.17) is 14.2 Å². The monoisotopic (exact) mass is 922 g/mol. The van der Waals surface area contributed by atoms with E-state index in [1.54, 1.807) is 21.1 Å². The Morgan fingerprint density at radius 1 is 0.455 bits per heavy atom. The van der Waals surface area contributed by atoms with Gasteiger partial charge in [-0.15, -0.1) is 0 Å². The molecule has 0 saturated carbocycles. The first-order valence-corrected chi connectivity index (χ1v) is 26.6. The van der Waals surface area contributed by atoms with Crippen molar-refractivity contribution in [3.05, 3.63) is 85.1 Å². The first-order chi connectivity index (χ1) is 32.1. The predicted molar refractivity (Wildman–Crippen MR) is 277 cm³/mol. The third-order valence-electron chi connectivity index (χ3n) is 11.5. The minimum Gasteiger partial charge on any atom is -0.544 e. The summed E-state index contributed by atoms with van der Waals surface area (Å²) in [5.41, 5.74) is 0. The molecule has 8 heteroatoms. The van der Waals surface area contributed by atoms with Gasteiger partial charge in [0.15, 0.2) is 6.10 Å². The molecule has 0 aromatic carbocycles. The van der Waals surface area contributed by atoms with Crippen LogP contribution in [0, 0.1) is 0 Å². The third kappa shape index (κ3) is 45.7. The molecular formula is C58H99NO7. The van der Waals surface area contributed by atoms with Crippen LogP contribution < -0.4 is 5.11 Å². The second-order valence-corrected chi connectivity index (χ2v) is 18.7. The van der Waals surface area contributed by atoms with Crippen LogP contribution in [0.5, 0.6) is 0 Å². The van der Waals surface area contributed by atoms with E-state index in [0.29, 0.717) is 12.8 Å². The molecule has 0 aromatic rings. The molecule has 0 fully saturated rings. The van der Waals surface area contributed by atoms with Crippen molar-refractivity contribution in [1.29, 1.82) is 0 Å². The highest BCUT2D eigenvalue weighted by Crippen LogP contribution is 2.15. The van der Waals surface area contributed by atoms with Crippen molar-refractivity contribution in [1.82, 2.24) is 0 Å². The lowest BCUT2D eigenvalue weighted by molar-refractivity contribution is -0.889. The maximum atomic E-state index is 12.8. The molecule has 0 spiro atoms. The Hall–Kier alpha value is -3.49. The number of nitrogens with zero attached hydrogens (tertiary/aromatic N) is 1. The highest BCUT2D eigenvalue weighted by Gasteiger charge is 2.25. The smallest absolute Gasteiger partial charge is 0.306 e. The van der Waals surface area contributed by atoms with Crippen molar-refractivity contribution >= 4 is 17.9 Å². The van der Waals surface area contributed by atoms with Gasteiger partial charge in [0.25, 0.3) is 0 Å². The minimum absolute atomic E-state index is 0.0338. The Morgan fingerprint density at radius 2 is 0.803 bits per heavy atom. The highest BCUT2D eigenvalue weighted by atomic mass is 16.6. The normalized spacial score (nSPS) is 13.5. The zero-order valence-electron chi connectivity index (χ0n) is 43.1. The zero-order valence-corrected chi connectivity index (χ0v) is 43.1. The number of quaternary nitrogens is 1. The first kappa shape index (κ1) is 62.5. The van der Waals surface area contributed by atoms with E-state index in [1.165, 1.54) is 89.9 Å². The number of carbonyl (C=O) groups excluding carboxylic acids is 3. The quantitative estimate of drug-likeness (QED) is 0.0259. The van der Waals surface area contributed by atoms with Gasteiger partial charge >= 0.3 is 11.9 Å². The SMILES string of the molecule is CC/C=C/C/C=C/C/C=C/C/C=C/CCCCCCCCCCCCC(=O)OCC(COCCC(C(=O)[O-])[N+](C)(C)C)OC(=O)CCCCCCCCCCC/C=C/C/C=C/C/C=C/CC. The predicted octanol–water partition coefficient (Wildman–Crippen LogP) is 14.3. The van der Waals surface area contributed by atoms with Gasteiger partial charge in [-0.1, -0.05) is 195 Å². The number of ether oxygens (including phenoxy) is 3. The number of aliphatic carboxylic acids is 1. The van der Waals surface area contributed by atoms with Crippen molar-refractivity contribution in [3.63, 3.8) is 0 Å². The topological polar surface area (TPSA) is 102 Å². The average Bonchev–Trinajstić information content (AvgIpc) is 3.28. The van der Waals surface area contributed by atoms with Gasteiger partial charge in [-0.05, 0) is 83.5 Å². The summed E-state index contributed by atoms with van der Waals surface area (Å²) in [6.07, 6.45) is 63.3. The molecular weight excluding hydrogens is 823 g/mol. The van der Waals surface area contributed by atoms with Crippen LogP contribution in [0.3, 0.4) is 0 Å². The number of rotatable bonds is 47. The number of carboxylic acid groups (broad SMARTS) is 1. The summed E-state index contributed by atoms with van der Waals surface area (Å²) < 4.78 is 17.3. The number of carbonyl (C=O) groups is 3. The molecule has 0 heterocycles. The standard InChI is InChI=1S/C58H99NO7/c1-6-8-10-12-14-16-18-20-22-24-26-27-28-29-31-32-34-36-38-40-42-44-46-48-56(60)65-53-54(52-64-51-50-55(58(62)63)59(3,4)5)66-57(61)49-47-45-43-41-39-37-35-33-30-25-23-21-19-17-15-13-11-9-7-2/h8-11,14-17,20-23,26-27,54-55H,6-7,12-13,18-19,24-25,28-53H2,1-5H3/b10-8+,11-9+,16-14+,17-15+,22-20+,23-21+,27-26+. The minimum atomic E-state index is -1.13. The fourth-order valence-electron chi connectivity index (χ4n) is 7.49. The van der Waals surface area contributed by atoms with E-state index in [0.717, 1.165) is 89.9 Å². The molecule has 8 nitrogen and oxygen atoms in total. The van der Waals surface area contributed by atoms with Crippen LogP contribution in [-0.2, 0) is 28.6 Å². The number of hydrogen-bond acceptors (Lipinski definition) is 7. The molecule has 2 unspecified atom stereocenters. The van der Waals surface area contributed by atoms with Crippen molar-refractivity contribution in [2.24, 2.45) is 0 Å². The van der Waals surface area contributed by atoms with Gasteiger partial charge in [-0.25, -0.2) is 0 Å². The summed E-state index contributed by atoms with van der Waals surface area (Å²) in [5, 5.41) is 11.7. The molecule has 0 N–H and O–H groups in total. The van der Waals surface area contributed by atoms with E-state index in [2.05, 4.69) is 98.9 Å². The largest absolute Gasteiger partial charge is 0.544 e. The van der Waals surface area contributed by atoms with E-state index in [-0.39, 0.29) is 42.7 Å². The number of unbranched alkanes of at least 4 members (excludes halogenated alkanes) is 19. The molecule has 0 aliphatic heterocycles. The average molecular weight is 922 g/mol. The molecule has 378 valence electrons. The summed E-state index contributed by atoms with van der Waals surface area (Å²) >= 11 is 0. The van der Waals surface area contributed by atoms with E-state index in [9.17, 15) is 19.5 Å². The van der Waals surface area contributed by atoms with Crippen molar-refractivity contribution in [2.45, 2.75) is 225 Å². The lowest BCUT2D eigenvalue weighted by Gasteiger charge is -2.34. The molecule has 0 amide bonds. The summed E-state index contributed by atoms with van der Waals surface area (Å²) in [6, 6.07) is -0.732. The summed E-state index contributed by atoms with van der Waals surface area (Å²) in [4.78, 5) is 37.1. The van der Waals surface area contributed by atoms with E-state index < -0.39 is 18.1 Å². The third-order valence-corrected chi connectivity index (χ3v) is 11.5. The lowest BCUT2D eigenvalue weighted by Crippen LogP contribution is -2.55. The molecule has 0 aromatic heterocycles. The van der Waals surface area contributed by atoms with Crippen LogP contribution >= 0.6 is 0 Å². The second kappa shape index (κ2) is 48.0. The molecule has 0 aliphatic carbocycles. The van der Waals surface area contributed by atoms with Gasteiger partial charge in [0.05, 0.1) is 40.3 Å². The second-order valence-electron chi connectivity index (χ2n) is 18.7. The number of hydrogen-bond donors (Lipinski definition) is 0. The number of esters is 2. The Kier molecular flexibility index (Phi) is 45.4. The summed E-state index contributed by atoms with van der Waals surface area (Å²) in [5.74, 6) is -1.75. The van der Waals surface area contributed by atoms with Crippen LogP contribution in [0.2, 0.25) is 0 Å². The van der Waals surface area contributed by atoms with E-state index in [1.807, 2.05) is 0 Å². The van der Waals surface area contributed by atoms with Gasteiger partial charge < -0.3 is 28.6 Å². The maximum absolute atomic E-state index is 12.8. The van der Waals surface area contributed by atoms with Gasteiger partial charge in [-0.2, -0.15) is 0 Å². The number of likely N-dealkylation sites (N-methyl/N-ethyl adjacent to an activating group) is 1. The van der Waals surface area contributed by atoms with Crippen molar-refractivity contribution in [2.75, 3.05) is 41.0 Å². The van der Waals surface area contributed by atoms with Gasteiger partial charge in [0.1, 0.15) is 12.6 Å². The van der Waals surface area contributed by atoms with Gasteiger partial charge in [-0.3, -0.25) is 9.59 Å². The Labute approximate surface area is 405 Å². The van der Waals surface area contributed by atoms with Crippen molar-refractivity contribution < 1.29 is 38.2 Å². The molecule has 0 saturated heterocycles. The Balaban J connectivity index is 4.23. The molecule has 0 rings (SSSR count). The summed E-state index contributed by atoms with van der Waals surface area (Å²) in [7, 11) is 5.41. The van der Waals surface area contributed by atoms with Crippen LogP contribution in [0.25, 0.3) is 0 Å². The maximum Gasteiger partial charge on any atom is 0.306 e. The Bertz CT molecular complexity index is 1350. The van der Waals surface area contributed by atoms with Crippen LogP contribution in [0.4, 0.5) is 0 Å². The Morgan fingerprint density at radius 3 is 1.18 bits per heavy atom. The zero-order chi connectivity index (χ0) is 48.4. The van der Waals surface area contributed by atoms with Gasteiger partial charge in [0, 0.05) is 19.3 Å². The van der Waals surface area contributed by atoms with Crippen molar-refractivity contribution in [3.8, 4) is 0 Å². The van der Waals surface area contributed by atoms with Crippen LogP contribution in [-0.4, -0.2) is 75.5 Å². The van der Waals surface area contributed by atoms with Crippen LogP contribution in [0.15, 0.2) is 85.1 Å². The number of carboxylic acids is 1. The summed E-state index contributed by atoms with van der Waals surface area (Å²) in [6.45, 7) is 4.44.